The van der Waals surface area contributed by atoms with Gasteiger partial charge in [0.25, 0.3) is 11.6 Å². The molecule has 2 heterocycles. The first-order valence-electron chi connectivity index (χ1n) is 9.69. The number of nitro groups is 1. The van der Waals surface area contributed by atoms with E-state index in [9.17, 15) is 19.7 Å². The van der Waals surface area contributed by atoms with E-state index in [1.165, 1.54) is 13.0 Å². The molecule has 2 aliphatic rings. The molecule has 0 bridgehead atoms. The van der Waals surface area contributed by atoms with Crippen LogP contribution in [0.15, 0.2) is 18.2 Å². The van der Waals surface area contributed by atoms with Crippen LogP contribution in [0.4, 0.5) is 11.4 Å². The van der Waals surface area contributed by atoms with Crippen LogP contribution in [0, 0.1) is 16.0 Å². The van der Waals surface area contributed by atoms with Crippen LogP contribution in [0.25, 0.3) is 0 Å². The van der Waals surface area contributed by atoms with Gasteiger partial charge in [-0.2, -0.15) is 0 Å². The second kappa shape index (κ2) is 8.55. The molecule has 1 aromatic carbocycles. The fourth-order valence-corrected chi connectivity index (χ4v) is 3.89. The van der Waals surface area contributed by atoms with Gasteiger partial charge in [-0.25, -0.2) is 0 Å². The molecule has 2 fully saturated rings. The molecule has 28 heavy (non-hydrogen) atoms. The number of carbonyl (C=O) groups excluding carboxylic acids is 2. The Kier molecular flexibility index (Phi) is 6.13. The molecule has 0 aliphatic carbocycles. The van der Waals surface area contributed by atoms with Crippen molar-refractivity contribution in [2.75, 3.05) is 50.7 Å². The Morgan fingerprint density at radius 2 is 1.75 bits per heavy atom. The third kappa shape index (κ3) is 4.24. The molecule has 9 nitrogen and oxygen atoms in total. The first-order chi connectivity index (χ1) is 13.4. The van der Waals surface area contributed by atoms with Crippen LogP contribution in [0.1, 0.15) is 30.1 Å². The second-order valence-corrected chi connectivity index (χ2v) is 7.42. The first kappa shape index (κ1) is 20.1. The summed E-state index contributed by atoms with van der Waals surface area (Å²) < 4.78 is 0. The molecule has 0 aromatic heterocycles. The lowest BCUT2D eigenvalue weighted by Crippen LogP contribution is -2.48. The standard InChI is InChI=1S/C19H27N5O4/c1-14(25)21-8-10-22(11-9-21)17-3-2-16(12-18(17)24(27)28)19(26)23-6-4-15(13-20)5-7-23/h2-3,12,15H,4-11,13,20H2,1H3. The molecule has 1 aromatic rings. The average molecular weight is 389 g/mol. The smallest absolute Gasteiger partial charge is 0.293 e. The Morgan fingerprint density at radius 1 is 1.11 bits per heavy atom. The van der Waals surface area contributed by atoms with Crippen molar-refractivity contribution in [3.8, 4) is 0 Å². The third-order valence-corrected chi connectivity index (χ3v) is 5.72. The topological polar surface area (TPSA) is 113 Å². The Morgan fingerprint density at radius 3 is 2.29 bits per heavy atom. The molecular formula is C19H27N5O4. The number of rotatable bonds is 4. The van der Waals surface area contributed by atoms with Gasteiger partial charge in [-0.15, -0.1) is 0 Å². The molecule has 0 spiro atoms. The summed E-state index contributed by atoms with van der Waals surface area (Å²) in [5.74, 6) is 0.273. The number of nitro benzene ring substituents is 1. The quantitative estimate of drug-likeness (QED) is 0.609. The summed E-state index contributed by atoms with van der Waals surface area (Å²) in [5.41, 5.74) is 6.46. The van der Waals surface area contributed by atoms with Gasteiger partial charge in [0, 0.05) is 57.8 Å². The van der Waals surface area contributed by atoms with Gasteiger partial charge in [0.2, 0.25) is 5.91 Å². The molecule has 3 rings (SSSR count). The van der Waals surface area contributed by atoms with E-state index in [-0.39, 0.29) is 17.5 Å². The van der Waals surface area contributed by atoms with E-state index in [4.69, 9.17) is 5.73 Å². The molecule has 9 heteroatoms. The van der Waals surface area contributed by atoms with Gasteiger partial charge in [-0.1, -0.05) is 0 Å². The number of nitrogens with two attached hydrogens (primary N) is 1. The maximum absolute atomic E-state index is 12.8. The summed E-state index contributed by atoms with van der Waals surface area (Å²) >= 11 is 0. The third-order valence-electron chi connectivity index (χ3n) is 5.72. The fourth-order valence-electron chi connectivity index (χ4n) is 3.89. The summed E-state index contributed by atoms with van der Waals surface area (Å²) in [6, 6.07) is 4.70. The molecule has 0 unspecified atom stereocenters. The number of likely N-dealkylation sites (tertiary alicyclic amines) is 1. The molecular weight excluding hydrogens is 362 g/mol. The van der Waals surface area contributed by atoms with Crippen molar-refractivity contribution in [2.45, 2.75) is 19.8 Å². The molecule has 0 saturated carbocycles. The van der Waals surface area contributed by atoms with Gasteiger partial charge in [-0.05, 0) is 37.4 Å². The van der Waals surface area contributed by atoms with Gasteiger partial charge in [-0.3, -0.25) is 19.7 Å². The van der Waals surface area contributed by atoms with E-state index in [1.807, 2.05) is 4.90 Å². The highest BCUT2D eigenvalue weighted by atomic mass is 16.6. The Hall–Kier alpha value is -2.68. The zero-order valence-corrected chi connectivity index (χ0v) is 16.2. The SMILES string of the molecule is CC(=O)N1CCN(c2ccc(C(=O)N3CCC(CN)CC3)cc2[N+](=O)[O-])CC1. The lowest BCUT2D eigenvalue weighted by molar-refractivity contribution is -0.384. The van der Waals surface area contributed by atoms with Crippen molar-refractivity contribution in [3.05, 3.63) is 33.9 Å². The van der Waals surface area contributed by atoms with Gasteiger partial charge < -0.3 is 20.4 Å². The highest BCUT2D eigenvalue weighted by Gasteiger charge is 2.28. The minimum Gasteiger partial charge on any atom is -0.362 e. The minimum atomic E-state index is -0.440. The van der Waals surface area contributed by atoms with Crippen molar-refractivity contribution in [2.24, 2.45) is 11.7 Å². The molecule has 0 atom stereocenters. The second-order valence-electron chi connectivity index (χ2n) is 7.42. The van der Waals surface area contributed by atoms with Crippen molar-refractivity contribution >= 4 is 23.2 Å². The van der Waals surface area contributed by atoms with Crippen LogP contribution in [0.5, 0.6) is 0 Å². The van der Waals surface area contributed by atoms with Crippen LogP contribution >= 0.6 is 0 Å². The van der Waals surface area contributed by atoms with E-state index in [0.717, 1.165) is 12.8 Å². The normalized spacial score (nSPS) is 18.3. The molecule has 2 saturated heterocycles. The molecule has 0 radical (unpaired) electrons. The number of piperazine rings is 1. The Balaban J connectivity index is 1.75. The fraction of sp³-hybridized carbons (Fsp3) is 0.579. The van der Waals surface area contributed by atoms with Crippen LogP contribution in [-0.4, -0.2) is 72.4 Å². The van der Waals surface area contributed by atoms with Crippen molar-refractivity contribution < 1.29 is 14.5 Å². The summed E-state index contributed by atoms with van der Waals surface area (Å²) in [5, 5.41) is 11.6. The van der Waals surface area contributed by atoms with Gasteiger partial charge in [0.05, 0.1) is 4.92 Å². The number of nitrogens with zero attached hydrogens (tertiary/aromatic N) is 4. The molecule has 2 aliphatic heterocycles. The number of piperidine rings is 1. The zero-order chi connectivity index (χ0) is 20.3. The Bertz CT molecular complexity index is 753. The summed E-state index contributed by atoms with van der Waals surface area (Å²) in [6.45, 7) is 5.52. The van der Waals surface area contributed by atoms with Crippen LogP contribution < -0.4 is 10.6 Å². The Labute approximate surface area is 164 Å². The largest absolute Gasteiger partial charge is 0.362 e. The van der Waals surface area contributed by atoms with Crippen LogP contribution in [0.2, 0.25) is 0 Å². The average Bonchev–Trinajstić information content (AvgIpc) is 2.73. The highest BCUT2D eigenvalue weighted by Crippen LogP contribution is 2.31. The zero-order valence-electron chi connectivity index (χ0n) is 16.2. The molecule has 2 N–H and O–H groups in total. The van der Waals surface area contributed by atoms with Gasteiger partial charge in [0.1, 0.15) is 5.69 Å². The van der Waals surface area contributed by atoms with E-state index >= 15 is 0 Å². The maximum atomic E-state index is 12.8. The van der Waals surface area contributed by atoms with E-state index in [0.29, 0.717) is 63.0 Å². The van der Waals surface area contributed by atoms with Crippen molar-refractivity contribution in [3.63, 3.8) is 0 Å². The number of carbonyl (C=O) groups is 2. The minimum absolute atomic E-state index is 0.00787. The summed E-state index contributed by atoms with van der Waals surface area (Å²) in [6.07, 6.45) is 1.73. The van der Waals surface area contributed by atoms with Gasteiger partial charge in [0.15, 0.2) is 0 Å². The van der Waals surface area contributed by atoms with Crippen LogP contribution in [-0.2, 0) is 4.79 Å². The van der Waals surface area contributed by atoms with E-state index in [2.05, 4.69) is 0 Å². The lowest BCUT2D eigenvalue weighted by Gasteiger charge is -2.35. The predicted molar refractivity (Wildman–Crippen MR) is 105 cm³/mol. The van der Waals surface area contributed by atoms with E-state index in [1.54, 1.807) is 21.9 Å². The van der Waals surface area contributed by atoms with Crippen molar-refractivity contribution in [1.82, 2.24) is 9.80 Å². The number of anilines is 1. The summed E-state index contributed by atoms with van der Waals surface area (Å²) in [7, 11) is 0. The first-order valence-corrected chi connectivity index (χ1v) is 9.69. The highest BCUT2D eigenvalue weighted by molar-refractivity contribution is 5.96. The summed E-state index contributed by atoms with van der Waals surface area (Å²) in [4.78, 5) is 40.8. The predicted octanol–water partition coefficient (Wildman–Crippen LogP) is 1.07. The van der Waals surface area contributed by atoms with Gasteiger partial charge >= 0.3 is 0 Å². The van der Waals surface area contributed by atoms with E-state index < -0.39 is 4.92 Å². The number of hydrogen-bond donors (Lipinski definition) is 1. The number of amides is 2. The van der Waals surface area contributed by atoms with Crippen LogP contribution in [0.3, 0.4) is 0 Å². The van der Waals surface area contributed by atoms with Crippen molar-refractivity contribution in [1.29, 1.82) is 0 Å². The molecule has 2 amide bonds. The molecule has 152 valence electrons. The lowest BCUT2D eigenvalue weighted by atomic mass is 9.96. The number of benzene rings is 1. The number of hydrogen-bond acceptors (Lipinski definition) is 6. The monoisotopic (exact) mass is 389 g/mol. The maximum Gasteiger partial charge on any atom is 0.293 e.